The fourth-order valence-electron chi connectivity index (χ4n) is 5.75. The van der Waals surface area contributed by atoms with Gasteiger partial charge in [0.2, 0.25) is 10.0 Å². The molecule has 1 aromatic carbocycles. The van der Waals surface area contributed by atoms with Crippen LogP contribution in [-0.4, -0.2) is 85.8 Å². The first-order valence-corrected chi connectivity index (χ1v) is 16.0. The maximum absolute atomic E-state index is 13.6. The Bertz CT molecular complexity index is 1310. The van der Waals surface area contributed by atoms with Crippen molar-refractivity contribution >= 4 is 42.8 Å². The second kappa shape index (κ2) is 10.7. The number of aromatic nitrogens is 1. The third-order valence-electron chi connectivity index (χ3n) is 7.75. The highest BCUT2D eigenvalue weighted by Gasteiger charge is 2.53. The van der Waals surface area contributed by atoms with Gasteiger partial charge in [-0.1, -0.05) is 25.2 Å². The Morgan fingerprint density at radius 3 is 2.85 bits per heavy atom. The SMILES string of the molecule is CC(C)CN(CC(O)CNC(=O)OC1C2COC3OC1CC3C2)S(=O)(=O)c1ccc2nc(NC3CC3)sc2c1. The first kappa shape index (κ1) is 27.2. The number of carbonyl (C=O) groups is 1. The molecule has 3 N–H and O–H groups in total. The Morgan fingerprint density at radius 1 is 1.26 bits per heavy atom. The average molecular weight is 581 g/mol. The van der Waals surface area contributed by atoms with Crippen LogP contribution in [0, 0.1) is 17.8 Å². The Balaban J connectivity index is 1.08. The van der Waals surface area contributed by atoms with Gasteiger partial charge in [-0.3, -0.25) is 0 Å². The number of amides is 1. The molecule has 6 rings (SSSR count). The zero-order valence-electron chi connectivity index (χ0n) is 22.1. The van der Waals surface area contributed by atoms with Gasteiger partial charge in [-0.15, -0.1) is 0 Å². The number of hydrogen-bond donors (Lipinski definition) is 3. The first-order valence-electron chi connectivity index (χ1n) is 13.7. The number of anilines is 1. The number of ether oxygens (including phenoxy) is 3. The number of rotatable bonds is 11. The monoisotopic (exact) mass is 580 g/mol. The maximum atomic E-state index is 13.6. The molecule has 4 fully saturated rings. The number of carbonyl (C=O) groups excluding carboxylic acids is 1. The minimum atomic E-state index is -3.90. The van der Waals surface area contributed by atoms with Crippen LogP contribution in [0.4, 0.5) is 9.93 Å². The molecule has 6 unspecified atom stereocenters. The lowest BCUT2D eigenvalue weighted by Crippen LogP contribution is -2.47. The predicted molar refractivity (Wildman–Crippen MR) is 145 cm³/mol. The van der Waals surface area contributed by atoms with E-state index in [2.05, 4.69) is 15.6 Å². The summed E-state index contributed by atoms with van der Waals surface area (Å²) in [6.07, 6.45) is 1.46. The van der Waals surface area contributed by atoms with Crippen LogP contribution in [0.3, 0.4) is 0 Å². The van der Waals surface area contributed by atoms with Gasteiger partial charge >= 0.3 is 6.09 Å². The van der Waals surface area contributed by atoms with Crippen LogP contribution in [0.1, 0.15) is 39.5 Å². The van der Waals surface area contributed by atoms with E-state index >= 15 is 0 Å². The van der Waals surface area contributed by atoms with Crippen molar-refractivity contribution in [2.24, 2.45) is 17.8 Å². The van der Waals surface area contributed by atoms with Gasteiger partial charge in [-0.05, 0) is 49.8 Å². The number of nitrogens with one attached hydrogen (secondary N) is 2. The first-order chi connectivity index (χ1) is 18.7. The third kappa shape index (κ3) is 5.89. The van der Waals surface area contributed by atoms with Crippen LogP contribution in [0.25, 0.3) is 10.2 Å². The van der Waals surface area contributed by atoms with Crippen LogP contribution >= 0.6 is 11.3 Å². The van der Waals surface area contributed by atoms with Crippen LogP contribution in [0.15, 0.2) is 23.1 Å². The average Bonchev–Trinajstić information content (AvgIpc) is 3.52. The fourth-order valence-corrected chi connectivity index (χ4v) is 8.47. The highest BCUT2D eigenvalue weighted by atomic mass is 32.2. The number of hydrogen-bond acceptors (Lipinski definition) is 10. The van der Waals surface area contributed by atoms with Crippen molar-refractivity contribution in [1.29, 1.82) is 0 Å². The number of aliphatic hydroxyl groups is 1. The van der Waals surface area contributed by atoms with Crippen molar-refractivity contribution in [2.45, 2.75) is 75.1 Å². The van der Waals surface area contributed by atoms with E-state index in [9.17, 15) is 18.3 Å². The molecule has 2 saturated heterocycles. The number of aliphatic hydroxyl groups excluding tert-OH is 1. The van der Waals surface area contributed by atoms with Crippen molar-refractivity contribution < 1.29 is 32.5 Å². The molecular formula is C26H36N4O7S2. The quantitative estimate of drug-likeness (QED) is 0.366. The van der Waals surface area contributed by atoms with Crippen LogP contribution in [0.5, 0.6) is 0 Å². The number of benzene rings is 1. The lowest BCUT2D eigenvalue weighted by molar-refractivity contribution is -0.153. The molecule has 11 nitrogen and oxygen atoms in total. The number of alkyl carbamates (subject to hydrolysis) is 1. The smallest absolute Gasteiger partial charge is 0.407 e. The molecule has 214 valence electrons. The lowest BCUT2D eigenvalue weighted by atomic mass is 9.78. The number of fused-ring (bicyclic) bond motifs is 3. The molecule has 6 atom stereocenters. The van der Waals surface area contributed by atoms with Gasteiger partial charge in [0.15, 0.2) is 11.4 Å². The lowest BCUT2D eigenvalue weighted by Gasteiger charge is -2.36. The Hall–Kier alpha value is -2.03. The summed E-state index contributed by atoms with van der Waals surface area (Å²) in [6, 6.07) is 5.38. The zero-order valence-corrected chi connectivity index (χ0v) is 23.7. The fraction of sp³-hybridized carbons (Fsp3) is 0.692. The second-order valence-corrected chi connectivity index (χ2v) is 14.5. The van der Waals surface area contributed by atoms with E-state index < -0.39 is 22.2 Å². The van der Waals surface area contributed by atoms with E-state index in [4.69, 9.17) is 14.2 Å². The summed E-state index contributed by atoms with van der Waals surface area (Å²) in [5.74, 6) is 0.502. The molecule has 2 saturated carbocycles. The van der Waals surface area contributed by atoms with E-state index in [1.807, 2.05) is 13.8 Å². The van der Waals surface area contributed by atoms with Crippen LogP contribution < -0.4 is 10.6 Å². The molecule has 0 radical (unpaired) electrons. The van der Waals surface area contributed by atoms with E-state index in [1.165, 1.54) is 15.6 Å². The highest BCUT2D eigenvalue weighted by molar-refractivity contribution is 7.89. The summed E-state index contributed by atoms with van der Waals surface area (Å²) in [7, 11) is -3.90. The van der Waals surface area contributed by atoms with E-state index in [1.54, 1.807) is 18.2 Å². The molecule has 2 aliphatic heterocycles. The van der Waals surface area contributed by atoms with Gasteiger partial charge in [0.05, 0.1) is 33.9 Å². The molecule has 2 aromatic rings. The molecule has 1 amide bonds. The van der Waals surface area contributed by atoms with Crippen molar-refractivity contribution in [3.8, 4) is 0 Å². The minimum Gasteiger partial charge on any atom is -0.443 e. The molecule has 2 aliphatic carbocycles. The van der Waals surface area contributed by atoms with Gasteiger partial charge in [-0.2, -0.15) is 4.31 Å². The van der Waals surface area contributed by atoms with Crippen molar-refractivity contribution in [2.75, 3.05) is 31.6 Å². The molecule has 13 heteroatoms. The molecule has 3 heterocycles. The summed E-state index contributed by atoms with van der Waals surface area (Å²) >= 11 is 1.44. The van der Waals surface area contributed by atoms with Crippen molar-refractivity contribution in [1.82, 2.24) is 14.6 Å². The summed E-state index contributed by atoms with van der Waals surface area (Å²) < 4.78 is 46.6. The number of nitrogens with zero attached hydrogens (tertiary/aromatic N) is 2. The summed E-state index contributed by atoms with van der Waals surface area (Å²) in [4.78, 5) is 17.3. The predicted octanol–water partition coefficient (Wildman–Crippen LogP) is 2.75. The normalized spacial score (nSPS) is 28.8. The van der Waals surface area contributed by atoms with Crippen molar-refractivity contribution in [3.05, 3.63) is 18.2 Å². The molecule has 39 heavy (non-hydrogen) atoms. The van der Waals surface area contributed by atoms with E-state index in [0.717, 1.165) is 41.0 Å². The molecule has 4 aliphatic rings. The van der Waals surface area contributed by atoms with E-state index in [-0.39, 0.29) is 54.9 Å². The minimum absolute atomic E-state index is 0.0328. The topological polar surface area (TPSA) is 139 Å². The molecule has 1 aromatic heterocycles. The van der Waals surface area contributed by atoms with Crippen LogP contribution in [0.2, 0.25) is 0 Å². The Labute approximate surface area is 232 Å². The van der Waals surface area contributed by atoms with Gasteiger partial charge in [0.1, 0.15) is 6.10 Å². The standard InChI is InChI=1S/C26H36N4O7S2/c1-14(2)11-30(39(33,34)19-5-6-20-22(9-19)38-25(29-20)28-17-3-4-17)12-18(31)10-27-26(32)37-23-16-7-15-8-21(23)36-24(15)35-13-16/h5-6,9,14-18,21,23-24,31H,3-4,7-8,10-13H2,1-2H3,(H,27,32)(H,28,29). The number of sulfonamides is 1. The highest BCUT2D eigenvalue weighted by Crippen LogP contribution is 2.46. The van der Waals surface area contributed by atoms with Gasteiger partial charge in [0, 0.05) is 37.5 Å². The largest absolute Gasteiger partial charge is 0.443 e. The van der Waals surface area contributed by atoms with E-state index in [0.29, 0.717) is 18.6 Å². The molecular weight excluding hydrogens is 544 g/mol. The summed E-state index contributed by atoms with van der Waals surface area (Å²) in [5, 5.41) is 17.5. The summed E-state index contributed by atoms with van der Waals surface area (Å²) in [6.45, 7) is 4.27. The van der Waals surface area contributed by atoms with Gasteiger partial charge in [-0.25, -0.2) is 18.2 Å². The third-order valence-corrected chi connectivity index (χ3v) is 10.5. The maximum Gasteiger partial charge on any atom is 0.407 e. The summed E-state index contributed by atoms with van der Waals surface area (Å²) in [5.41, 5.74) is 0.747. The number of thiazole rings is 1. The van der Waals surface area contributed by atoms with Gasteiger partial charge < -0.3 is 30.0 Å². The Morgan fingerprint density at radius 2 is 2.08 bits per heavy atom. The van der Waals surface area contributed by atoms with Crippen molar-refractivity contribution in [3.63, 3.8) is 0 Å². The Kier molecular flexibility index (Phi) is 7.48. The molecule has 0 spiro atoms. The molecule has 3 bridgehead atoms. The second-order valence-electron chi connectivity index (χ2n) is 11.6. The zero-order chi connectivity index (χ0) is 27.3. The van der Waals surface area contributed by atoms with Gasteiger partial charge in [0.25, 0.3) is 0 Å². The van der Waals surface area contributed by atoms with Crippen LogP contribution in [-0.2, 0) is 24.2 Å².